The van der Waals surface area contributed by atoms with Gasteiger partial charge < -0.3 is 13.9 Å². The molecule has 0 aliphatic heterocycles. The Morgan fingerprint density at radius 2 is 2.16 bits per heavy atom. The van der Waals surface area contributed by atoms with E-state index in [2.05, 4.69) is 10.2 Å². The zero-order valence-corrected chi connectivity index (χ0v) is 11.1. The van der Waals surface area contributed by atoms with Crippen LogP contribution in [0.25, 0.3) is 11.5 Å². The monoisotopic (exact) mass is 264 g/mol. The summed E-state index contributed by atoms with van der Waals surface area (Å²) < 4.78 is 10.7. The highest BCUT2D eigenvalue weighted by Crippen LogP contribution is 2.28. The van der Waals surface area contributed by atoms with Crippen LogP contribution in [0.15, 0.2) is 21.2 Å². The van der Waals surface area contributed by atoms with Crippen molar-refractivity contribution in [1.29, 1.82) is 0 Å². The molecule has 2 aromatic heterocycles. The van der Waals surface area contributed by atoms with Gasteiger partial charge in [0.25, 0.3) is 5.89 Å². The number of carbonyl (C=O) groups is 1. The van der Waals surface area contributed by atoms with E-state index in [1.807, 2.05) is 20.8 Å². The van der Waals surface area contributed by atoms with Gasteiger partial charge in [-0.15, -0.1) is 10.2 Å². The smallest absolute Gasteiger partial charge is 0.303 e. The third-order valence-electron chi connectivity index (χ3n) is 2.82. The first-order valence-corrected chi connectivity index (χ1v) is 5.96. The Bertz CT molecular complexity index is 583. The molecule has 0 spiro atoms. The molecule has 0 bridgehead atoms. The maximum Gasteiger partial charge on any atom is 0.303 e. The van der Waals surface area contributed by atoms with E-state index in [1.165, 1.54) is 0 Å². The van der Waals surface area contributed by atoms with Crippen LogP contribution in [0.2, 0.25) is 0 Å². The highest BCUT2D eigenvalue weighted by Gasteiger charge is 2.25. The van der Waals surface area contributed by atoms with Crippen LogP contribution in [0.4, 0.5) is 0 Å². The summed E-state index contributed by atoms with van der Waals surface area (Å²) in [6.07, 6.45) is 2.03. The van der Waals surface area contributed by atoms with Crippen LogP contribution in [0, 0.1) is 12.3 Å². The van der Waals surface area contributed by atoms with E-state index >= 15 is 0 Å². The summed E-state index contributed by atoms with van der Waals surface area (Å²) in [5.74, 6) is 0.699. The van der Waals surface area contributed by atoms with E-state index in [0.29, 0.717) is 24.0 Å². The van der Waals surface area contributed by atoms with Crippen LogP contribution < -0.4 is 0 Å². The number of aryl methyl sites for hydroxylation is 1. The average Bonchev–Trinajstić information content (AvgIpc) is 2.84. The average molecular weight is 264 g/mol. The molecule has 0 aromatic carbocycles. The molecule has 0 aliphatic carbocycles. The van der Waals surface area contributed by atoms with Crippen LogP contribution in [0.1, 0.15) is 31.9 Å². The SMILES string of the molecule is Cc1occc1-c1nnc(CC(C)(C)CC(=O)O)o1. The van der Waals surface area contributed by atoms with E-state index in [1.54, 1.807) is 12.3 Å². The van der Waals surface area contributed by atoms with Gasteiger partial charge in [-0.25, -0.2) is 0 Å². The fourth-order valence-corrected chi connectivity index (χ4v) is 1.92. The van der Waals surface area contributed by atoms with Gasteiger partial charge in [-0.2, -0.15) is 0 Å². The van der Waals surface area contributed by atoms with E-state index in [9.17, 15) is 4.79 Å². The summed E-state index contributed by atoms with van der Waals surface area (Å²) in [5, 5.41) is 16.8. The van der Waals surface area contributed by atoms with Crippen molar-refractivity contribution in [2.24, 2.45) is 5.41 Å². The molecule has 0 saturated heterocycles. The maximum atomic E-state index is 10.8. The van der Waals surface area contributed by atoms with Crippen LogP contribution >= 0.6 is 0 Å². The molecule has 102 valence electrons. The Labute approximate surface area is 110 Å². The molecule has 0 aliphatic rings. The van der Waals surface area contributed by atoms with Gasteiger partial charge in [0.2, 0.25) is 5.89 Å². The molecule has 0 unspecified atom stereocenters. The van der Waals surface area contributed by atoms with Crippen LogP contribution in [-0.4, -0.2) is 21.3 Å². The van der Waals surface area contributed by atoms with Crippen molar-refractivity contribution in [3.8, 4) is 11.5 Å². The summed E-state index contributed by atoms with van der Waals surface area (Å²) in [4.78, 5) is 10.8. The van der Waals surface area contributed by atoms with Crippen molar-refractivity contribution >= 4 is 5.97 Å². The van der Waals surface area contributed by atoms with Gasteiger partial charge in [0.1, 0.15) is 5.76 Å². The number of aromatic nitrogens is 2. The summed E-state index contributed by atoms with van der Waals surface area (Å²) >= 11 is 0. The fourth-order valence-electron chi connectivity index (χ4n) is 1.92. The molecule has 6 nitrogen and oxygen atoms in total. The molecular formula is C13H16N2O4. The van der Waals surface area contributed by atoms with Crippen molar-refractivity contribution < 1.29 is 18.7 Å². The highest BCUT2D eigenvalue weighted by atomic mass is 16.4. The second-order valence-corrected chi connectivity index (χ2v) is 5.30. The molecule has 2 rings (SSSR count). The van der Waals surface area contributed by atoms with Crippen molar-refractivity contribution in [2.45, 2.75) is 33.6 Å². The minimum atomic E-state index is -0.838. The maximum absolute atomic E-state index is 10.8. The lowest BCUT2D eigenvalue weighted by Crippen LogP contribution is -2.19. The Morgan fingerprint density at radius 1 is 1.42 bits per heavy atom. The van der Waals surface area contributed by atoms with Crippen LogP contribution in [0.3, 0.4) is 0 Å². The van der Waals surface area contributed by atoms with Crippen molar-refractivity contribution in [1.82, 2.24) is 10.2 Å². The van der Waals surface area contributed by atoms with Gasteiger partial charge in [0.05, 0.1) is 18.2 Å². The molecule has 6 heteroatoms. The number of hydrogen-bond donors (Lipinski definition) is 1. The first-order valence-electron chi connectivity index (χ1n) is 5.96. The topological polar surface area (TPSA) is 89.4 Å². The summed E-state index contributed by atoms with van der Waals surface area (Å²) in [5.41, 5.74) is 0.330. The van der Waals surface area contributed by atoms with Crippen LogP contribution in [-0.2, 0) is 11.2 Å². The predicted octanol–water partition coefficient (Wildman–Crippen LogP) is 2.68. The number of carboxylic acid groups (broad SMARTS) is 1. The molecule has 2 heterocycles. The molecule has 2 aromatic rings. The lowest BCUT2D eigenvalue weighted by molar-refractivity contribution is -0.139. The Kier molecular flexibility index (Phi) is 3.42. The normalized spacial score (nSPS) is 11.7. The quantitative estimate of drug-likeness (QED) is 0.892. The number of carboxylic acids is 1. The van der Waals surface area contributed by atoms with Gasteiger partial charge in [0.15, 0.2) is 0 Å². The second kappa shape index (κ2) is 4.87. The molecule has 19 heavy (non-hydrogen) atoms. The largest absolute Gasteiger partial charge is 0.481 e. The van der Waals surface area contributed by atoms with Gasteiger partial charge in [-0.1, -0.05) is 13.8 Å². The minimum Gasteiger partial charge on any atom is -0.481 e. The molecule has 0 amide bonds. The van der Waals surface area contributed by atoms with Gasteiger partial charge in [0, 0.05) is 6.42 Å². The highest BCUT2D eigenvalue weighted by molar-refractivity contribution is 5.67. The van der Waals surface area contributed by atoms with Crippen molar-refractivity contribution in [3.05, 3.63) is 24.0 Å². The van der Waals surface area contributed by atoms with Gasteiger partial charge in [-0.3, -0.25) is 4.79 Å². The van der Waals surface area contributed by atoms with E-state index in [0.717, 1.165) is 5.56 Å². The zero-order valence-electron chi connectivity index (χ0n) is 11.1. The third-order valence-corrected chi connectivity index (χ3v) is 2.82. The Hall–Kier alpha value is -2.11. The molecule has 0 atom stereocenters. The molecule has 0 fully saturated rings. The van der Waals surface area contributed by atoms with Crippen LogP contribution in [0.5, 0.6) is 0 Å². The Morgan fingerprint density at radius 3 is 2.74 bits per heavy atom. The molecule has 1 N–H and O–H groups in total. The predicted molar refractivity (Wildman–Crippen MR) is 66.5 cm³/mol. The summed E-state index contributed by atoms with van der Waals surface area (Å²) in [6.45, 7) is 5.52. The van der Waals surface area contributed by atoms with E-state index < -0.39 is 11.4 Å². The second-order valence-electron chi connectivity index (χ2n) is 5.30. The standard InChI is InChI=1S/C13H16N2O4/c1-8-9(4-5-18-8)12-15-14-10(19-12)6-13(2,3)7-11(16)17/h4-5H,6-7H2,1-3H3,(H,16,17). The third kappa shape index (κ3) is 3.21. The summed E-state index contributed by atoms with van der Waals surface area (Å²) in [6, 6.07) is 1.76. The van der Waals surface area contributed by atoms with Gasteiger partial charge in [-0.05, 0) is 18.4 Å². The summed E-state index contributed by atoms with van der Waals surface area (Å²) in [7, 11) is 0. The lowest BCUT2D eigenvalue weighted by atomic mass is 9.86. The van der Waals surface area contributed by atoms with E-state index in [-0.39, 0.29) is 6.42 Å². The first kappa shape index (κ1) is 13.3. The number of hydrogen-bond acceptors (Lipinski definition) is 5. The first-order chi connectivity index (χ1) is 8.87. The van der Waals surface area contributed by atoms with Crippen molar-refractivity contribution in [3.63, 3.8) is 0 Å². The minimum absolute atomic E-state index is 0.0510. The number of aliphatic carboxylic acids is 1. The van der Waals surface area contributed by atoms with E-state index in [4.69, 9.17) is 13.9 Å². The molecular weight excluding hydrogens is 248 g/mol. The molecule has 0 saturated carbocycles. The number of rotatable bonds is 5. The number of furan rings is 1. The fraction of sp³-hybridized carbons (Fsp3) is 0.462. The number of nitrogens with zero attached hydrogens (tertiary/aromatic N) is 2. The lowest BCUT2D eigenvalue weighted by Gasteiger charge is -2.19. The molecule has 0 radical (unpaired) electrons. The van der Waals surface area contributed by atoms with Gasteiger partial charge >= 0.3 is 5.97 Å². The Balaban J connectivity index is 2.14. The zero-order chi connectivity index (χ0) is 14.0. The van der Waals surface area contributed by atoms with Crippen molar-refractivity contribution in [2.75, 3.05) is 0 Å².